The highest BCUT2D eigenvalue weighted by Crippen LogP contribution is 2.13. The summed E-state index contributed by atoms with van der Waals surface area (Å²) in [6, 6.07) is 7.25. The van der Waals surface area contributed by atoms with E-state index < -0.39 is 17.3 Å². The van der Waals surface area contributed by atoms with Gasteiger partial charge in [0, 0.05) is 5.56 Å². The summed E-state index contributed by atoms with van der Waals surface area (Å²) in [5, 5.41) is 12.2. The van der Waals surface area contributed by atoms with E-state index in [1.54, 1.807) is 19.9 Å². The molecule has 1 rings (SSSR count). The second kappa shape index (κ2) is 7.89. The molecular formula is C18H25NO4. The van der Waals surface area contributed by atoms with E-state index in [9.17, 15) is 9.90 Å². The van der Waals surface area contributed by atoms with E-state index in [1.807, 2.05) is 39.0 Å². The van der Waals surface area contributed by atoms with Crippen LogP contribution in [0.5, 0.6) is 5.75 Å². The molecule has 0 radical (unpaired) electrons. The van der Waals surface area contributed by atoms with Crippen molar-refractivity contribution in [3.63, 3.8) is 0 Å². The molecule has 23 heavy (non-hydrogen) atoms. The summed E-state index contributed by atoms with van der Waals surface area (Å²) in [6.07, 6.45) is -0.467. The molecule has 0 atom stereocenters. The highest BCUT2D eigenvalue weighted by atomic mass is 16.6. The van der Waals surface area contributed by atoms with E-state index in [-0.39, 0.29) is 0 Å². The van der Waals surface area contributed by atoms with Gasteiger partial charge in [0.05, 0.1) is 6.54 Å². The Morgan fingerprint density at radius 1 is 1.26 bits per heavy atom. The van der Waals surface area contributed by atoms with Gasteiger partial charge in [-0.05, 0) is 52.8 Å². The molecule has 1 aromatic rings. The third-order valence-electron chi connectivity index (χ3n) is 2.39. The number of rotatable bonds is 4. The van der Waals surface area contributed by atoms with Gasteiger partial charge in [0.2, 0.25) is 0 Å². The van der Waals surface area contributed by atoms with Gasteiger partial charge >= 0.3 is 6.09 Å². The number of hydrogen-bond acceptors (Lipinski definition) is 4. The molecule has 0 saturated heterocycles. The second-order valence-electron chi connectivity index (χ2n) is 6.61. The number of carbonyl (C=O) groups is 1. The van der Waals surface area contributed by atoms with Crippen LogP contribution in [0.25, 0.3) is 0 Å². The normalized spacial score (nSPS) is 11.2. The largest absolute Gasteiger partial charge is 0.492 e. The van der Waals surface area contributed by atoms with Gasteiger partial charge in [0.1, 0.15) is 23.6 Å². The Kier molecular flexibility index (Phi) is 6.47. The highest BCUT2D eigenvalue weighted by Gasteiger charge is 2.15. The summed E-state index contributed by atoms with van der Waals surface area (Å²) in [4.78, 5) is 11.5. The van der Waals surface area contributed by atoms with Gasteiger partial charge in [0.25, 0.3) is 0 Å². The number of aliphatic hydroxyl groups is 1. The number of nitrogens with one attached hydrogen (secondary N) is 1. The Bertz CT molecular complexity index is 586. The van der Waals surface area contributed by atoms with Crippen LogP contribution in [0, 0.1) is 11.8 Å². The monoisotopic (exact) mass is 319 g/mol. The van der Waals surface area contributed by atoms with Crippen molar-refractivity contribution in [2.75, 3.05) is 13.2 Å². The van der Waals surface area contributed by atoms with Crippen LogP contribution in [0.4, 0.5) is 4.79 Å². The van der Waals surface area contributed by atoms with Crippen molar-refractivity contribution in [3.05, 3.63) is 29.8 Å². The van der Waals surface area contributed by atoms with Crippen LogP contribution in [0.2, 0.25) is 0 Å². The average molecular weight is 319 g/mol. The molecule has 1 amide bonds. The predicted molar refractivity (Wildman–Crippen MR) is 89.3 cm³/mol. The van der Waals surface area contributed by atoms with Crippen LogP contribution in [-0.2, 0) is 4.74 Å². The van der Waals surface area contributed by atoms with Crippen molar-refractivity contribution >= 4 is 6.09 Å². The highest BCUT2D eigenvalue weighted by molar-refractivity contribution is 5.67. The van der Waals surface area contributed by atoms with Gasteiger partial charge in [-0.2, -0.15) is 0 Å². The molecule has 0 heterocycles. The van der Waals surface area contributed by atoms with E-state index >= 15 is 0 Å². The minimum atomic E-state index is -1.03. The summed E-state index contributed by atoms with van der Waals surface area (Å²) in [6.45, 7) is 9.34. The molecule has 0 aliphatic heterocycles. The lowest BCUT2D eigenvalue weighted by Crippen LogP contribution is -2.34. The Balaban J connectivity index is 2.44. The van der Waals surface area contributed by atoms with Gasteiger partial charge in [-0.3, -0.25) is 0 Å². The summed E-state index contributed by atoms with van der Waals surface area (Å²) in [5.41, 5.74) is -0.795. The molecule has 0 aromatic heterocycles. The van der Waals surface area contributed by atoms with Crippen molar-refractivity contribution in [1.29, 1.82) is 0 Å². The number of amides is 1. The summed E-state index contributed by atoms with van der Waals surface area (Å²) in [7, 11) is 0. The standard InChI is InChI=1S/C18H25NO4/c1-17(2,3)23-16(20)19-11-12-22-15-8-6-7-14(13-15)9-10-18(4,5)21/h6-8,13,21H,11-12H2,1-5H3,(H,19,20). The first kappa shape index (κ1) is 18.9. The van der Waals surface area contributed by atoms with Crippen LogP contribution < -0.4 is 10.1 Å². The zero-order valence-corrected chi connectivity index (χ0v) is 14.4. The first-order valence-corrected chi connectivity index (χ1v) is 7.50. The smallest absolute Gasteiger partial charge is 0.407 e. The first-order valence-electron chi connectivity index (χ1n) is 7.50. The molecule has 0 spiro atoms. The molecule has 0 bridgehead atoms. The molecule has 1 aromatic carbocycles. The predicted octanol–water partition coefficient (Wildman–Crippen LogP) is 2.71. The summed E-state index contributed by atoms with van der Waals surface area (Å²) >= 11 is 0. The molecule has 0 aliphatic rings. The Hall–Kier alpha value is -2.19. The fourth-order valence-corrected chi connectivity index (χ4v) is 1.52. The Morgan fingerprint density at radius 3 is 2.57 bits per heavy atom. The van der Waals surface area contributed by atoms with Crippen molar-refractivity contribution in [3.8, 4) is 17.6 Å². The van der Waals surface area contributed by atoms with Gasteiger partial charge in [-0.15, -0.1) is 0 Å². The average Bonchev–Trinajstić information content (AvgIpc) is 2.39. The van der Waals surface area contributed by atoms with Crippen molar-refractivity contribution in [1.82, 2.24) is 5.32 Å². The van der Waals surface area contributed by atoms with Crippen LogP contribution in [0.3, 0.4) is 0 Å². The molecule has 0 unspecified atom stereocenters. The van der Waals surface area contributed by atoms with Gasteiger partial charge < -0.3 is 19.9 Å². The zero-order valence-electron chi connectivity index (χ0n) is 14.4. The molecule has 0 aliphatic carbocycles. The molecular weight excluding hydrogens is 294 g/mol. The maximum absolute atomic E-state index is 11.5. The van der Waals surface area contributed by atoms with Crippen molar-refractivity contribution in [2.45, 2.75) is 45.8 Å². The molecule has 0 fully saturated rings. The van der Waals surface area contributed by atoms with E-state index in [0.717, 1.165) is 5.56 Å². The van der Waals surface area contributed by atoms with Gasteiger partial charge in [-0.25, -0.2) is 4.79 Å². The zero-order chi connectivity index (χ0) is 17.5. The van der Waals surface area contributed by atoms with Gasteiger partial charge in [-0.1, -0.05) is 17.9 Å². The van der Waals surface area contributed by atoms with E-state index in [1.165, 1.54) is 0 Å². The van der Waals surface area contributed by atoms with Crippen LogP contribution in [0.15, 0.2) is 24.3 Å². The molecule has 0 saturated carbocycles. The molecule has 126 valence electrons. The number of benzene rings is 1. The molecule has 5 nitrogen and oxygen atoms in total. The van der Waals surface area contributed by atoms with E-state index in [0.29, 0.717) is 18.9 Å². The number of hydrogen-bond donors (Lipinski definition) is 2. The Morgan fingerprint density at radius 2 is 1.96 bits per heavy atom. The lowest BCUT2D eigenvalue weighted by molar-refractivity contribution is 0.0520. The van der Waals surface area contributed by atoms with Crippen LogP contribution in [0.1, 0.15) is 40.2 Å². The third kappa shape index (κ3) is 9.43. The van der Waals surface area contributed by atoms with Crippen molar-refractivity contribution < 1.29 is 19.4 Å². The summed E-state index contributed by atoms with van der Waals surface area (Å²) in [5.74, 6) is 6.29. The third-order valence-corrected chi connectivity index (χ3v) is 2.39. The number of ether oxygens (including phenoxy) is 2. The maximum atomic E-state index is 11.5. The lowest BCUT2D eigenvalue weighted by Gasteiger charge is -2.19. The van der Waals surface area contributed by atoms with Crippen LogP contribution in [-0.4, -0.2) is 35.6 Å². The summed E-state index contributed by atoms with van der Waals surface area (Å²) < 4.78 is 10.7. The van der Waals surface area contributed by atoms with E-state index in [2.05, 4.69) is 17.2 Å². The maximum Gasteiger partial charge on any atom is 0.407 e. The van der Waals surface area contributed by atoms with Crippen molar-refractivity contribution in [2.24, 2.45) is 0 Å². The number of alkyl carbamates (subject to hydrolysis) is 1. The quantitative estimate of drug-likeness (QED) is 0.661. The molecule has 5 heteroatoms. The fraction of sp³-hybridized carbons (Fsp3) is 0.500. The topological polar surface area (TPSA) is 67.8 Å². The number of carbonyl (C=O) groups excluding carboxylic acids is 1. The SMILES string of the molecule is CC(C)(O)C#Cc1cccc(OCCNC(=O)OC(C)(C)C)c1. The van der Waals surface area contributed by atoms with Crippen LogP contribution >= 0.6 is 0 Å². The van der Waals surface area contributed by atoms with Gasteiger partial charge in [0.15, 0.2) is 0 Å². The second-order valence-corrected chi connectivity index (χ2v) is 6.61. The van der Waals surface area contributed by atoms with E-state index in [4.69, 9.17) is 9.47 Å². The first-order chi connectivity index (χ1) is 10.6. The Labute approximate surface area is 138 Å². The molecule has 2 N–H and O–H groups in total. The minimum Gasteiger partial charge on any atom is -0.492 e. The minimum absolute atomic E-state index is 0.321. The fourth-order valence-electron chi connectivity index (χ4n) is 1.52. The lowest BCUT2D eigenvalue weighted by atomic mass is 10.1.